The van der Waals surface area contributed by atoms with Gasteiger partial charge in [0.2, 0.25) is 5.91 Å². The summed E-state index contributed by atoms with van der Waals surface area (Å²) in [4.78, 5) is 40.8. The Morgan fingerprint density at radius 1 is 1.24 bits per heavy atom. The van der Waals surface area contributed by atoms with Crippen molar-refractivity contribution >= 4 is 57.3 Å². The van der Waals surface area contributed by atoms with Gasteiger partial charge in [0.05, 0.1) is 10.4 Å². The molecule has 1 aliphatic rings. The van der Waals surface area contributed by atoms with Gasteiger partial charge in [-0.3, -0.25) is 9.78 Å². The van der Waals surface area contributed by atoms with Crippen LogP contribution in [0.5, 0.6) is 0 Å². The molecule has 0 bridgehead atoms. The number of carbonyl (C=O) groups is 1. The van der Waals surface area contributed by atoms with E-state index < -0.39 is 0 Å². The highest BCUT2D eigenvalue weighted by molar-refractivity contribution is 7.99. The number of hydrogen-bond acceptors (Lipinski definition) is 8. The number of halogens is 1. The number of anilines is 1. The van der Waals surface area contributed by atoms with Crippen molar-refractivity contribution in [3.63, 3.8) is 0 Å². The zero-order valence-corrected chi connectivity index (χ0v) is 20.6. The van der Waals surface area contributed by atoms with Gasteiger partial charge < -0.3 is 15.2 Å². The molecule has 0 atom stereocenters. The van der Waals surface area contributed by atoms with E-state index in [1.807, 2.05) is 13.0 Å². The molecular formula is C23H25ClN8OS. The van der Waals surface area contributed by atoms with Crippen LogP contribution in [0.2, 0.25) is 5.02 Å². The van der Waals surface area contributed by atoms with Crippen molar-refractivity contribution in [2.45, 2.75) is 43.2 Å². The van der Waals surface area contributed by atoms with E-state index >= 15 is 0 Å². The summed E-state index contributed by atoms with van der Waals surface area (Å²) in [6.07, 6.45) is 7.23. The second-order valence-electron chi connectivity index (χ2n) is 8.32. The average Bonchev–Trinajstić information content (AvgIpc) is 3.13. The molecular weight excluding hydrogens is 472 g/mol. The molecule has 2 N–H and O–H groups in total. The van der Waals surface area contributed by atoms with Gasteiger partial charge in [0.15, 0.2) is 10.8 Å². The molecule has 0 aromatic carbocycles. The molecule has 5 heterocycles. The van der Waals surface area contributed by atoms with Crippen LogP contribution >= 0.6 is 23.4 Å². The topological polar surface area (TPSA) is 113 Å². The number of rotatable bonds is 8. The number of hydrogen-bond donors (Lipinski definition) is 2. The lowest BCUT2D eigenvalue weighted by Gasteiger charge is -2.40. The lowest BCUT2D eigenvalue weighted by Crippen LogP contribution is -2.52. The first kappa shape index (κ1) is 22.8. The first-order chi connectivity index (χ1) is 16.6. The highest BCUT2D eigenvalue weighted by Crippen LogP contribution is 2.38. The molecule has 34 heavy (non-hydrogen) atoms. The minimum atomic E-state index is 0.110. The van der Waals surface area contributed by atoms with Crippen molar-refractivity contribution in [1.29, 1.82) is 0 Å². The zero-order valence-electron chi connectivity index (χ0n) is 19.0. The maximum absolute atomic E-state index is 11.8. The van der Waals surface area contributed by atoms with Crippen LogP contribution in [-0.4, -0.2) is 55.4 Å². The number of aryl methyl sites for hydroxylation is 1. The SMILES string of the molecule is CCCC(=O)NCC1CN(c2nc(Sc3cnc4nccnc4c3)nc3[nH]c(CC)c(Cl)c23)C1. The Morgan fingerprint density at radius 3 is 2.85 bits per heavy atom. The Balaban J connectivity index is 1.41. The van der Waals surface area contributed by atoms with Gasteiger partial charge in [-0.1, -0.05) is 25.4 Å². The van der Waals surface area contributed by atoms with Gasteiger partial charge in [0.25, 0.3) is 0 Å². The summed E-state index contributed by atoms with van der Waals surface area (Å²) >= 11 is 8.14. The van der Waals surface area contributed by atoms with Crippen LogP contribution in [0.4, 0.5) is 5.82 Å². The molecule has 176 valence electrons. The fourth-order valence-electron chi connectivity index (χ4n) is 4.03. The summed E-state index contributed by atoms with van der Waals surface area (Å²) in [6.45, 7) is 6.35. The van der Waals surface area contributed by atoms with Crippen molar-refractivity contribution in [2.75, 3.05) is 24.5 Å². The van der Waals surface area contributed by atoms with E-state index in [0.717, 1.165) is 58.9 Å². The molecule has 0 saturated carbocycles. The number of H-pyrrole nitrogens is 1. The van der Waals surface area contributed by atoms with E-state index in [4.69, 9.17) is 21.6 Å². The number of carbonyl (C=O) groups excluding carboxylic acids is 1. The summed E-state index contributed by atoms with van der Waals surface area (Å²) in [5.74, 6) is 1.31. The molecule has 11 heteroatoms. The number of aromatic nitrogens is 6. The predicted molar refractivity (Wildman–Crippen MR) is 133 cm³/mol. The third-order valence-electron chi connectivity index (χ3n) is 5.81. The van der Waals surface area contributed by atoms with Crippen molar-refractivity contribution in [3.05, 3.63) is 35.4 Å². The number of nitrogens with one attached hydrogen (secondary N) is 2. The van der Waals surface area contributed by atoms with Gasteiger partial charge in [0, 0.05) is 61.2 Å². The molecule has 1 aliphatic heterocycles. The average molecular weight is 497 g/mol. The van der Waals surface area contributed by atoms with Gasteiger partial charge in [-0.25, -0.2) is 19.9 Å². The van der Waals surface area contributed by atoms with Gasteiger partial charge >= 0.3 is 0 Å². The Bertz CT molecular complexity index is 1350. The van der Waals surface area contributed by atoms with Crippen LogP contribution in [0.15, 0.2) is 34.7 Å². The Kier molecular flexibility index (Phi) is 6.51. The van der Waals surface area contributed by atoms with Crippen LogP contribution in [0, 0.1) is 5.92 Å². The van der Waals surface area contributed by atoms with Gasteiger partial charge in [-0.05, 0) is 30.7 Å². The molecule has 4 aromatic rings. The first-order valence-corrected chi connectivity index (χ1v) is 12.6. The minimum Gasteiger partial charge on any atom is -0.356 e. The normalized spacial score (nSPS) is 14.0. The fourth-order valence-corrected chi connectivity index (χ4v) is 5.15. The van der Waals surface area contributed by atoms with E-state index in [1.165, 1.54) is 11.8 Å². The van der Waals surface area contributed by atoms with Crippen molar-refractivity contribution in [2.24, 2.45) is 5.92 Å². The third kappa shape index (κ3) is 4.52. The molecule has 1 saturated heterocycles. The zero-order chi connectivity index (χ0) is 23.7. The lowest BCUT2D eigenvalue weighted by atomic mass is 9.99. The van der Waals surface area contributed by atoms with Crippen molar-refractivity contribution in [1.82, 2.24) is 35.2 Å². The van der Waals surface area contributed by atoms with Gasteiger partial charge in [-0.15, -0.1) is 0 Å². The summed E-state index contributed by atoms with van der Waals surface area (Å²) in [5, 5.41) is 5.15. The molecule has 9 nitrogen and oxygen atoms in total. The van der Waals surface area contributed by atoms with Crippen LogP contribution in [0.3, 0.4) is 0 Å². The van der Waals surface area contributed by atoms with Crippen LogP contribution in [0.1, 0.15) is 32.4 Å². The second kappa shape index (κ2) is 9.71. The van der Waals surface area contributed by atoms with Crippen LogP contribution in [-0.2, 0) is 11.2 Å². The van der Waals surface area contributed by atoms with Gasteiger partial charge in [-0.2, -0.15) is 0 Å². The molecule has 0 unspecified atom stereocenters. The summed E-state index contributed by atoms with van der Waals surface area (Å²) < 4.78 is 0. The molecule has 1 amide bonds. The molecule has 4 aromatic heterocycles. The molecule has 0 aliphatic carbocycles. The van der Waals surface area contributed by atoms with Gasteiger partial charge in [0.1, 0.15) is 17.0 Å². The number of nitrogens with zero attached hydrogens (tertiary/aromatic N) is 6. The quantitative estimate of drug-likeness (QED) is 0.352. The standard InChI is InChI=1S/C23H25ClN8OS/c1-3-5-17(33)27-9-13-11-32(12-13)22-18-19(24)15(4-2)29-21(18)30-23(31-22)34-14-8-16-20(28-10-14)26-7-6-25-16/h6-8,10,13H,3-5,9,11-12H2,1-2H3,(H,27,33)(H,29,30,31). The third-order valence-corrected chi connectivity index (χ3v) is 7.05. The second-order valence-corrected chi connectivity index (χ2v) is 9.74. The van der Waals surface area contributed by atoms with E-state index in [2.05, 4.69) is 37.1 Å². The minimum absolute atomic E-state index is 0.110. The van der Waals surface area contributed by atoms with Crippen molar-refractivity contribution in [3.8, 4) is 0 Å². The highest BCUT2D eigenvalue weighted by atomic mass is 35.5. The largest absolute Gasteiger partial charge is 0.356 e. The number of pyridine rings is 1. The lowest BCUT2D eigenvalue weighted by molar-refractivity contribution is -0.121. The molecule has 0 spiro atoms. The highest BCUT2D eigenvalue weighted by Gasteiger charge is 2.31. The van der Waals surface area contributed by atoms with E-state index in [1.54, 1.807) is 18.6 Å². The van der Waals surface area contributed by atoms with Crippen LogP contribution in [0.25, 0.3) is 22.2 Å². The summed E-state index contributed by atoms with van der Waals surface area (Å²) in [5.41, 5.74) is 2.99. The predicted octanol–water partition coefficient (Wildman–Crippen LogP) is 4.02. The van der Waals surface area contributed by atoms with Crippen molar-refractivity contribution < 1.29 is 4.79 Å². The smallest absolute Gasteiger partial charge is 0.219 e. The maximum atomic E-state index is 11.8. The number of fused-ring (bicyclic) bond motifs is 2. The first-order valence-electron chi connectivity index (χ1n) is 11.4. The Morgan fingerprint density at radius 2 is 2.06 bits per heavy atom. The Labute approximate surface area is 206 Å². The van der Waals surface area contributed by atoms with E-state index in [-0.39, 0.29) is 5.91 Å². The van der Waals surface area contributed by atoms with E-state index in [9.17, 15) is 4.79 Å². The Hall–Kier alpha value is -2.98. The fraction of sp³-hybridized carbons (Fsp3) is 0.391. The van der Waals surface area contributed by atoms with Crippen LogP contribution < -0.4 is 10.2 Å². The monoisotopic (exact) mass is 496 g/mol. The number of amides is 1. The summed E-state index contributed by atoms with van der Waals surface area (Å²) in [6, 6.07) is 1.94. The molecule has 0 radical (unpaired) electrons. The number of aromatic amines is 1. The maximum Gasteiger partial charge on any atom is 0.219 e. The molecule has 1 fully saturated rings. The molecule has 5 rings (SSSR count). The van der Waals surface area contributed by atoms with E-state index in [0.29, 0.717) is 34.7 Å². The summed E-state index contributed by atoms with van der Waals surface area (Å²) in [7, 11) is 0.